The second kappa shape index (κ2) is 9.44. The van der Waals surface area contributed by atoms with E-state index in [1.165, 1.54) is 24.4 Å². The lowest BCUT2D eigenvalue weighted by Crippen LogP contribution is -2.53. The molecule has 2 atom stereocenters. The number of benzene rings is 1. The molecule has 8 nitrogen and oxygen atoms in total. The molecule has 0 saturated carbocycles. The van der Waals surface area contributed by atoms with Crippen LogP contribution in [0.2, 0.25) is 0 Å². The summed E-state index contributed by atoms with van der Waals surface area (Å²) in [5.74, 6) is -1.72. The summed E-state index contributed by atoms with van der Waals surface area (Å²) in [4.78, 5) is 38.5. The summed E-state index contributed by atoms with van der Waals surface area (Å²) in [6, 6.07) is 7.22. The van der Waals surface area contributed by atoms with Gasteiger partial charge in [0.15, 0.2) is 5.16 Å². The summed E-state index contributed by atoms with van der Waals surface area (Å²) in [6.07, 6.45) is 2.45. The van der Waals surface area contributed by atoms with Gasteiger partial charge in [0, 0.05) is 38.1 Å². The van der Waals surface area contributed by atoms with Gasteiger partial charge in [0.05, 0.1) is 0 Å². The van der Waals surface area contributed by atoms with Crippen molar-refractivity contribution in [3.05, 3.63) is 58.3 Å². The van der Waals surface area contributed by atoms with Crippen molar-refractivity contribution in [2.24, 2.45) is 5.73 Å². The predicted octanol–water partition coefficient (Wildman–Crippen LogP) is 2.22. The second-order valence-corrected chi connectivity index (χ2v) is 10.7. The summed E-state index contributed by atoms with van der Waals surface area (Å²) in [7, 11) is -3.93. The molecule has 168 valence electrons. The standard InChI is InChI=1S/C21H27FN3O5P/c22-17-5-3-16(18(11-17)15-4-6-19(26)24-12-15)13-25-9-10-31(29,30)21(14-25,20(27)28)7-1-2-8-23/h3-6,11-12H,1-2,7-10,13-14,23H2,(H,24,26)(H,27,28)(H,29,30)/t21-/m0/s1. The van der Waals surface area contributed by atoms with Gasteiger partial charge < -0.3 is 20.7 Å². The van der Waals surface area contributed by atoms with E-state index < -0.39 is 24.3 Å². The predicted molar refractivity (Wildman–Crippen MR) is 116 cm³/mol. The van der Waals surface area contributed by atoms with Crippen LogP contribution in [0, 0.1) is 5.82 Å². The number of unbranched alkanes of at least 4 members (excludes halogenated alkanes) is 1. The van der Waals surface area contributed by atoms with E-state index in [1.54, 1.807) is 12.1 Å². The minimum absolute atomic E-state index is 0.0695. The second-order valence-electron chi connectivity index (χ2n) is 7.96. The number of nitrogens with two attached hydrogens (primary N) is 1. The average molecular weight is 451 g/mol. The summed E-state index contributed by atoms with van der Waals surface area (Å²) in [5, 5.41) is 8.18. The quantitative estimate of drug-likeness (QED) is 0.357. The van der Waals surface area contributed by atoms with Crippen molar-refractivity contribution in [2.75, 3.05) is 25.8 Å². The molecular weight excluding hydrogens is 424 g/mol. The van der Waals surface area contributed by atoms with Crippen LogP contribution in [0.15, 0.2) is 41.3 Å². The third-order valence-electron chi connectivity index (χ3n) is 5.88. The topological polar surface area (TPSA) is 137 Å². The highest BCUT2D eigenvalue weighted by atomic mass is 31.2. The number of aromatic amines is 1. The normalized spacial score (nSPS) is 24.2. The Morgan fingerprint density at radius 3 is 2.71 bits per heavy atom. The van der Waals surface area contributed by atoms with Crippen LogP contribution in [0.25, 0.3) is 11.1 Å². The number of carboxylic acids is 1. The maximum Gasteiger partial charge on any atom is 0.320 e. The van der Waals surface area contributed by atoms with Crippen LogP contribution in [0.4, 0.5) is 4.39 Å². The smallest absolute Gasteiger partial charge is 0.320 e. The van der Waals surface area contributed by atoms with E-state index in [0.29, 0.717) is 30.5 Å². The number of hydrogen-bond acceptors (Lipinski definition) is 5. The van der Waals surface area contributed by atoms with Crippen molar-refractivity contribution < 1.29 is 23.7 Å². The molecule has 1 aromatic heterocycles. The first kappa shape index (κ1) is 23.3. The van der Waals surface area contributed by atoms with Crippen molar-refractivity contribution in [2.45, 2.75) is 31.0 Å². The molecule has 0 amide bonds. The zero-order chi connectivity index (χ0) is 22.6. The number of carbonyl (C=O) groups is 1. The highest BCUT2D eigenvalue weighted by Crippen LogP contribution is 2.59. The van der Waals surface area contributed by atoms with E-state index in [-0.39, 0.29) is 37.8 Å². The van der Waals surface area contributed by atoms with Gasteiger partial charge in [-0.15, -0.1) is 0 Å². The van der Waals surface area contributed by atoms with E-state index in [9.17, 15) is 28.5 Å². The molecule has 1 fully saturated rings. The fourth-order valence-electron chi connectivity index (χ4n) is 4.10. The molecule has 0 bridgehead atoms. The monoisotopic (exact) mass is 451 g/mol. The van der Waals surface area contributed by atoms with E-state index in [2.05, 4.69) is 4.98 Å². The molecule has 1 aromatic carbocycles. The molecule has 10 heteroatoms. The number of aromatic nitrogens is 1. The number of pyridine rings is 1. The Hall–Kier alpha value is -2.32. The highest BCUT2D eigenvalue weighted by molar-refractivity contribution is 7.61. The first-order valence-corrected chi connectivity index (χ1v) is 12.0. The molecule has 2 heterocycles. The molecule has 0 spiro atoms. The minimum Gasteiger partial charge on any atom is -0.480 e. The Kier molecular flexibility index (Phi) is 7.11. The van der Waals surface area contributed by atoms with E-state index in [1.807, 2.05) is 4.90 Å². The van der Waals surface area contributed by atoms with Gasteiger partial charge in [0.1, 0.15) is 5.82 Å². The van der Waals surface area contributed by atoms with Crippen molar-refractivity contribution in [3.63, 3.8) is 0 Å². The van der Waals surface area contributed by atoms with Gasteiger partial charge in [-0.2, -0.15) is 0 Å². The highest BCUT2D eigenvalue weighted by Gasteiger charge is 2.56. The minimum atomic E-state index is -3.93. The number of hydrogen-bond donors (Lipinski definition) is 4. The lowest BCUT2D eigenvalue weighted by Gasteiger charge is -2.43. The number of nitrogens with zero attached hydrogens (tertiary/aromatic N) is 1. The zero-order valence-corrected chi connectivity index (χ0v) is 18.0. The van der Waals surface area contributed by atoms with Gasteiger partial charge >= 0.3 is 5.97 Å². The van der Waals surface area contributed by atoms with Crippen LogP contribution >= 0.6 is 7.37 Å². The van der Waals surface area contributed by atoms with Gasteiger partial charge in [0.25, 0.3) is 0 Å². The van der Waals surface area contributed by atoms with Crippen LogP contribution in [-0.2, 0) is 15.9 Å². The van der Waals surface area contributed by atoms with Crippen molar-refractivity contribution in [1.29, 1.82) is 0 Å². The molecule has 0 aliphatic carbocycles. The molecule has 1 unspecified atom stereocenters. The largest absolute Gasteiger partial charge is 0.480 e. The molecule has 1 saturated heterocycles. The maximum atomic E-state index is 14.0. The number of carboxylic acid groups (broad SMARTS) is 1. The first-order chi connectivity index (χ1) is 14.7. The number of halogens is 1. The summed E-state index contributed by atoms with van der Waals surface area (Å²) < 4.78 is 26.9. The van der Waals surface area contributed by atoms with Gasteiger partial charge in [-0.3, -0.25) is 19.1 Å². The van der Waals surface area contributed by atoms with Crippen molar-refractivity contribution in [1.82, 2.24) is 9.88 Å². The molecular formula is C21H27FN3O5P. The Balaban J connectivity index is 1.91. The summed E-state index contributed by atoms with van der Waals surface area (Å²) in [5.41, 5.74) is 7.15. The first-order valence-electron chi connectivity index (χ1n) is 10.1. The molecule has 5 N–H and O–H groups in total. The lowest BCUT2D eigenvalue weighted by molar-refractivity contribution is -0.141. The Morgan fingerprint density at radius 1 is 1.29 bits per heavy atom. The number of rotatable bonds is 8. The van der Waals surface area contributed by atoms with Crippen LogP contribution in [0.5, 0.6) is 0 Å². The van der Waals surface area contributed by atoms with E-state index in [4.69, 9.17) is 5.73 Å². The van der Waals surface area contributed by atoms with Crippen molar-refractivity contribution >= 4 is 13.3 Å². The molecule has 1 aliphatic heterocycles. The van der Waals surface area contributed by atoms with Crippen molar-refractivity contribution in [3.8, 4) is 11.1 Å². The number of aliphatic carboxylic acids is 1. The SMILES string of the molecule is NCCCC[C@@]1(C(=O)O)CN(Cc2ccc(F)cc2-c2ccc(=O)[nH]c2)CCP1(=O)O. The third-order valence-corrected chi connectivity index (χ3v) is 8.58. The summed E-state index contributed by atoms with van der Waals surface area (Å²) in [6.45, 7) is 0.833. The fourth-order valence-corrected chi connectivity index (χ4v) is 6.31. The van der Waals surface area contributed by atoms with Crippen LogP contribution in [-0.4, -0.2) is 56.8 Å². The molecule has 1 aliphatic rings. The Bertz CT molecular complexity index is 1040. The van der Waals surface area contributed by atoms with Crippen LogP contribution in [0.3, 0.4) is 0 Å². The summed E-state index contributed by atoms with van der Waals surface area (Å²) >= 11 is 0. The number of nitrogens with one attached hydrogen (secondary N) is 1. The van der Waals surface area contributed by atoms with Gasteiger partial charge in [-0.1, -0.05) is 12.5 Å². The maximum absolute atomic E-state index is 14.0. The molecule has 0 radical (unpaired) electrons. The van der Waals surface area contributed by atoms with Crippen LogP contribution in [0.1, 0.15) is 24.8 Å². The van der Waals surface area contributed by atoms with Gasteiger partial charge in [-0.05, 0) is 54.3 Å². The fraction of sp³-hybridized carbons (Fsp3) is 0.429. The van der Waals surface area contributed by atoms with E-state index >= 15 is 0 Å². The average Bonchev–Trinajstić information content (AvgIpc) is 2.72. The molecule has 3 rings (SSSR count). The lowest BCUT2D eigenvalue weighted by atomic mass is 9.97. The molecule has 31 heavy (non-hydrogen) atoms. The van der Waals surface area contributed by atoms with Crippen LogP contribution < -0.4 is 11.3 Å². The van der Waals surface area contributed by atoms with Gasteiger partial charge in [-0.25, -0.2) is 4.39 Å². The third kappa shape index (κ3) is 4.96. The van der Waals surface area contributed by atoms with Gasteiger partial charge in [0.2, 0.25) is 12.9 Å². The number of H-pyrrole nitrogens is 1. The van der Waals surface area contributed by atoms with E-state index in [0.717, 1.165) is 5.56 Å². The Labute approximate surface area is 179 Å². The zero-order valence-electron chi connectivity index (χ0n) is 17.1. The Morgan fingerprint density at radius 2 is 2.06 bits per heavy atom. The molecule has 2 aromatic rings.